The number of carbonyl (C=O) groups is 1. The monoisotopic (exact) mass is 254 g/mol. The summed E-state index contributed by atoms with van der Waals surface area (Å²) >= 11 is 0. The normalized spacial score (nSPS) is 10.2. The van der Waals surface area contributed by atoms with Crippen LogP contribution < -0.4 is 10.1 Å². The van der Waals surface area contributed by atoms with Crippen molar-refractivity contribution in [3.05, 3.63) is 29.6 Å². The van der Waals surface area contributed by atoms with Crippen molar-refractivity contribution >= 4 is 5.91 Å². The number of hydrogen-bond donors (Lipinski definition) is 1. The number of nitrogens with zero attached hydrogens (tertiary/aromatic N) is 1. The van der Waals surface area contributed by atoms with E-state index in [0.717, 1.165) is 5.56 Å². The second-order valence-corrected chi connectivity index (χ2v) is 3.98. The van der Waals surface area contributed by atoms with Crippen molar-refractivity contribution in [1.29, 1.82) is 0 Å². The molecule has 0 fully saturated rings. The summed E-state index contributed by atoms with van der Waals surface area (Å²) in [6.07, 6.45) is 0. The molecule has 0 heterocycles. The lowest BCUT2D eigenvalue weighted by molar-refractivity contribution is -0.129. The van der Waals surface area contributed by atoms with Crippen LogP contribution in [0.5, 0.6) is 5.75 Å². The molecule has 0 aliphatic heterocycles. The molecule has 1 aromatic rings. The molecule has 100 valence electrons. The third-order valence-electron chi connectivity index (χ3n) is 2.47. The van der Waals surface area contributed by atoms with E-state index in [-0.39, 0.29) is 18.2 Å². The first kappa shape index (κ1) is 14.4. The number of nitrogens with one attached hydrogen (secondary N) is 1. The Balaban J connectivity index is 2.68. The van der Waals surface area contributed by atoms with Gasteiger partial charge in [0.25, 0.3) is 0 Å². The largest absolute Gasteiger partial charge is 0.491 e. The molecule has 1 N–H and O–H groups in total. The molecule has 0 saturated heterocycles. The fourth-order valence-corrected chi connectivity index (χ4v) is 1.56. The van der Waals surface area contributed by atoms with E-state index in [2.05, 4.69) is 5.32 Å². The van der Waals surface area contributed by atoms with Gasteiger partial charge in [-0.05, 0) is 31.7 Å². The van der Waals surface area contributed by atoms with Gasteiger partial charge in [-0.2, -0.15) is 0 Å². The Kier molecular flexibility index (Phi) is 5.58. The number of likely N-dealkylation sites (N-methyl/N-ethyl adjacent to an activating group) is 2. The van der Waals surface area contributed by atoms with Crippen LogP contribution >= 0.6 is 0 Å². The molecule has 1 amide bonds. The molecule has 5 heteroatoms. The van der Waals surface area contributed by atoms with Gasteiger partial charge in [0.05, 0.1) is 13.2 Å². The summed E-state index contributed by atoms with van der Waals surface area (Å²) < 4.78 is 18.7. The number of hydrogen-bond acceptors (Lipinski definition) is 3. The topological polar surface area (TPSA) is 41.6 Å². The van der Waals surface area contributed by atoms with Crippen LogP contribution in [0.1, 0.15) is 12.5 Å². The average Bonchev–Trinajstić information content (AvgIpc) is 2.33. The third-order valence-corrected chi connectivity index (χ3v) is 2.47. The molecule has 0 radical (unpaired) electrons. The van der Waals surface area contributed by atoms with Crippen LogP contribution in [0.15, 0.2) is 18.2 Å². The molecule has 0 aromatic heterocycles. The van der Waals surface area contributed by atoms with Gasteiger partial charge in [-0.3, -0.25) is 4.79 Å². The van der Waals surface area contributed by atoms with Crippen LogP contribution in [0, 0.1) is 5.82 Å². The minimum absolute atomic E-state index is 0.0354. The van der Waals surface area contributed by atoms with Gasteiger partial charge in [0, 0.05) is 13.6 Å². The Morgan fingerprint density at radius 1 is 1.50 bits per heavy atom. The Labute approximate surface area is 107 Å². The van der Waals surface area contributed by atoms with E-state index < -0.39 is 5.82 Å². The predicted molar refractivity (Wildman–Crippen MR) is 68.0 cm³/mol. The SMILES string of the molecule is CCOc1ccc(CN(C)C(=O)CNC)cc1F. The van der Waals surface area contributed by atoms with Crippen molar-refractivity contribution in [2.24, 2.45) is 0 Å². The Hall–Kier alpha value is -1.62. The number of halogens is 1. The summed E-state index contributed by atoms with van der Waals surface area (Å²) in [4.78, 5) is 13.1. The highest BCUT2D eigenvalue weighted by Crippen LogP contribution is 2.19. The molecule has 0 atom stereocenters. The lowest BCUT2D eigenvalue weighted by Gasteiger charge is -2.17. The quantitative estimate of drug-likeness (QED) is 0.834. The van der Waals surface area contributed by atoms with E-state index in [9.17, 15) is 9.18 Å². The lowest BCUT2D eigenvalue weighted by Crippen LogP contribution is -2.33. The van der Waals surface area contributed by atoms with Crippen molar-refractivity contribution in [3.8, 4) is 5.75 Å². The Bertz CT molecular complexity index is 410. The first-order chi connectivity index (χ1) is 8.58. The standard InChI is InChI=1S/C13H19FN2O2/c1-4-18-12-6-5-10(7-11(12)14)9-16(3)13(17)8-15-2/h5-7,15H,4,8-9H2,1-3H3. The van der Waals surface area contributed by atoms with E-state index >= 15 is 0 Å². The fourth-order valence-electron chi connectivity index (χ4n) is 1.56. The zero-order chi connectivity index (χ0) is 13.5. The van der Waals surface area contributed by atoms with Crippen molar-refractivity contribution in [1.82, 2.24) is 10.2 Å². The van der Waals surface area contributed by atoms with Gasteiger partial charge in [-0.15, -0.1) is 0 Å². The van der Waals surface area contributed by atoms with Crippen molar-refractivity contribution in [3.63, 3.8) is 0 Å². The highest BCUT2D eigenvalue weighted by atomic mass is 19.1. The summed E-state index contributed by atoms with van der Waals surface area (Å²) in [5, 5.41) is 2.79. The second kappa shape index (κ2) is 6.96. The molecular weight excluding hydrogens is 235 g/mol. The molecule has 0 saturated carbocycles. The van der Waals surface area contributed by atoms with Crippen molar-refractivity contribution < 1.29 is 13.9 Å². The second-order valence-electron chi connectivity index (χ2n) is 3.98. The van der Waals surface area contributed by atoms with E-state index in [1.54, 1.807) is 38.1 Å². The number of ether oxygens (including phenoxy) is 1. The van der Waals surface area contributed by atoms with Crippen LogP contribution in [0.3, 0.4) is 0 Å². The van der Waals surface area contributed by atoms with Crippen LogP contribution in [-0.2, 0) is 11.3 Å². The lowest BCUT2D eigenvalue weighted by atomic mass is 10.2. The minimum atomic E-state index is -0.399. The molecule has 0 bridgehead atoms. The zero-order valence-corrected chi connectivity index (χ0v) is 11.0. The maximum absolute atomic E-state index is 13.6. The van der Waals surface area contributed by atoms with E-state index in [4.69, 9.17) is 4.74 Å². The van der Waals surface area contributed by atoms with Crippen molar-refractivity contribution in [2.75, 3.05) is 27.2 Å². The van der Waals surface area contributed by atoms with Crippen LogP contribution in [0.25, 0.3) is 0 Å². The predicted octanol–water partition coefficient (Wildman–Crippen LogP) is 1.40. The first-order valence-corrected chi connectivity index (χ1v) is 5.88. The van der Waals surface area contributed by atoms with Crippen LogP contribution in [0.2, 0.25) is 0 Å². The number of amides is 1. The Morgan fingerprint density at radius 3 is 2.78 bits per heavy atom. The first-order valence-electron chi connectivity index (χ1n) is 5.88. The molecule has 18 heavy (non-hydrogen) atoms. The maximum Gasteiger partial charge on any atom is 0.236 e. The van der Waals surface area contributed by atoms with Crippen LogP contribution in [-0.4, -0.2) is 38.1 Å². The van der Waals surface area contributed by atoms with Crippen LogP contribution in [0.4, 0.5) is 4.39 Å². The van der Waals surface area contributed by atoms with Gasteiger partial charge in [-0.1, -0.05) is 6.07 Å². The number of rotatable bonds is 6. The summed E-state index contributed by atoms with van der Waals surface area (Å²) in [6.45, 7) is 2.88. The highest BCUT2D eigenvalue weighted by molar-refractivity contribution is 5.77. The van der Waals surface area contributed by atoms with E-state index in [0.29, 0.717) is 13.2 Å². The average molecular weight is 254 g/mol. The maximum atomic E-state index is 13.6. The fraction of sp³-hybridized carbons (Fsp3) is 0.462. The van der Waals surface area contributed by atoms with Gasteiger partial charge in [0.2, 0.25) is 5.91 Å². The highest BCUT2D eigenvalue weighted by Gasteiger charge is 2.10. The van der Waals surface area contributed by atoms with Gasteiger partial charge in [-0.25, -0.2) is 4.39 Å². The summed E-state index contributed by atoms with van der Waals surface area (Å²) in [7, 11) is 3.40. The van der Waals surface area contributed by atoms with Gasteiger partial charge in [0.15, 0.2) is 11.6 Å². The van der Waals surface area contributed by atoms with Crippen molar-refractivity contribution in [2.45, 2.75) is 13.5 Å². The molecule has 0 unspecified atom stereocenters. The summed E-state index contributed by atoms with van der Waals surface area (Å²) in [5.74, 6) is -0.193. The molecular formula is C13H19FN2O2. The molecule has 4 nitrogen and oxygen atoms in total. The van der Waals surface area contributed by atoms with E-state index in [1.807, 2.05) is 0 Å². The molecule has 1 aromatic carbocycles. The zero-order valence-electron chi connectivity index (χ0n) is 11.0. The van der Waals surface area contributed by atoms with Gasteiger partial charge in [0.1, 0.15) is 0 Å². The summed E-state index contributed by atoms with van der Waals surface area (Å²) in [5.41, 5.74) is 0.739. The molecule has 0 aliphatic rings. The van der Waals surface area contributed by atoms with Gasteiger partial charge < -0.3 is 15.0 Å². The Morgan fingerprint density at radius 2 is 2.22 bits per heavy atom. The molecule has 1 rings (SSSR count). The molecule has 0 aliphatic carbocycles. The summed E-state index contributed by atoms with van der Waals surface area (Å²) in [6, 6.07) is 4.75. The molecule has 0 spiro atoms. The third kappa shape index (κ3) is 4.00. The number of carbonyl (C=O) groups excluding carboxylic acids is 1. The van der Waals surface area contributed by atoms with E-state index in [1.165, 1.54) is 6.07 Å². The smallest absolute Gasteiger partial charge is 0.236 e. The minimum Gasteiger partial charge on any atom is -0.491 e. The van der Waals surface area contributed by atoms with Gasteiger partial charge >= 0.3 is 0 Å². The number of benzene rings is 1.